The molecule has 0 aliphatic heterocycles. The molecule has 2 N–H and O–H groups in total. The van der Waals surface area contributed by atoms with Gasteiger partial charge in [-0.25, -0.2) is 4.39 Å². The van der Waals surface area contributed by atoms with Crippen LogP contribution in [0, 0.1) is 5.82 Å². The molecule has 0 fully saturated rings. The molecule has 0 saturated carbocycles. The van der Waals surface area contributed by atoms with Crippen LogP contribution in [0.15, 0.2) is 40.2 Å². The zero-order valence-electron chi connectivity index (χ0n) is 7.78. The Kier molecular flexibility index (Phi) is 3.19. The van der Waals surface area contributed by atoms with Gasteiger partial charge in [0.25, 0.3) is 0 Å². The molecule has 0 radical (unpaired) electrons. The summed E-state index contributed by atoms with van der Waals surface area (Å²) in [6.07, 6.45) is 0. The van der Waals surface area contributed by atoms with E-state index in [0.29, 0.717) is 4.47 Å². The molecule has 1 nitrogen and oxygen atoms in total. The van der Waals surface area contributed by atoms with Gasteiger partial charge < -0.3 is 5.73 Å². The lowest BCUT2D eigenvalue weighted by molar-refractivity contribution is 0.617. The van der Waals surface area contributed by atoms with E-state index in [0.717, 1.165) is 10.4 Å². The standard InChI is InChI=1S/C11H9BrFNS/c12-8-4-3-7(6-9(8)13)11(14)10-2-1-5-15-10/h1-6,11H,14H2/t11-/m0/s1. The monoisotopic (exact) mass is 285 g/mol. The summed E-state index contributed by atoms with van der Waals surface area (Å²) in [6, 6.07) is 8.63. The molecule has 0 aliphatic rings. The number of nitrogens with two attached hydrogens (primary N) is 1. The van der Waals surface area contributed by atoms with E-state index in [1.807, 2.05) is 23.6 Å². The second-order valence-electron chi connectivity index (χ2n) is 3.17. The fraction of sp³-hybridized carbons (Fsp3) is 0.0909. The number of rotatable bonds is 2. The van der Waals surface area contributed by atoms with Gasteiger partial charge in [0.2, 0.25) is 0 Å². The minimum atomic E-state index is -0.278. The van der Waals surface area contributed by atoms with Crippen LogP contribution in [-0.4, -0.2) is 0 Å². The Bertz CT molecular complexity index is 456. The third-order valence-electron chi connectivity index (χ3n) is 2.15. The summed E-state index contributed by atoms with van der Waals surface area (Å²) in [5, 5.41) is 1.96. The Morgan fingerprint density at radius 3 is 2.73 bits per heavy atom. The molecule has 2 aromatic rings. The summed E-state index contributed by atoms with van der Waals surface area (Å²) >= 11 is 4.69. The lowest BCUT2D eigenvalue weighted by Gasteiger charge is -2.10. The average molecular weight is 286 g/mol. The van der Waals surface area contributed by atoms with Crippen molar-refractivity contribution in [2.24, 2.45) is 5.73 Å². The van der Waals surface area contributed by atoms with Gasteiger partial charge in [-0.2, -0.15) is 0 Å². The van der Waals surface area contributed by atoms with E-state index >= 15 is 0 Å². The third-order valence-corrected chi connectivity index (χ3v) is 3.75. The van der Waals surface area contributed by atoms with E-state index in [-0.39, 0.29) is 11.9 Å². The first-order chi connectivity index (χ1) is 7.18. The summed E-state index contributed by atoms with van der Waals surface area (Å²) in [6.45, 7) is 0. The van der Waals surface area contributed by atoms with Gasteiger partial charge in [0, 0.05) is 4.88 Å². The van der Waals surface area contributed by atoms with Gasteiger partial charge >= 0.3 is 0 Å². The Morgan fingerprint density at radius 2 is 2.13 bits per heavy atom. The van der Waals surface area contributed by atoms with Gasteiger partial charge in [-0.15, -0.1) is 11.3 Å². The molecule has 1 atom stereocenters. The Morgan fingerprint density at radius 1 is 1.33 bits per heavy atom. The molecule has 0 unspecified atom stereocenters. The van der Waals surface area contributed by atoms with Crippen molar-refractivity contribution in [3.63, 3.8) is 0 Å². The van der Waals surface area contributed by atoms with Crippen LogP contribution >= 0.6 is 27.3 Å². The van der Waals surface area contributed by atoms with E-state index in [9.17, 15) is 4.39 Å². The maximum Gasteiger partial charge on any atom is 0.137 e. The number of halogens is 2. The summed E-state index contributed by atoms with van der Waals surface area (Å²) in [5.41, 5.74) is 6.80. The van der Waals surface area contributed by atoms with Crippen molar-refractivity contribution in [3.05, 3.63) is 56.4 Å². The molecule has 78 valence electrons. The first-order valence-corrected chi connectivity index (χ1v) is 6.09. The van der Waals surface area contributed by atoms with E-state index in [2.05, 4.69) is 15.9 Å². The van der Waals surface area contributed by atoms with Crippen molar-refractivity contribution in [3.8, 4) is 0 Å². The highest BCUT2D eigenvalue weighted by Gasteiger charge is 2.11. The van der Waals surface area contributed by atoms with Crippen LogP contribution in [0.1, 0.15) is 16.5 Å². The fourth-order valence-corrected chi connectivity index (χ4v) is 2.34. The Hall–Kier alpha value is -0.710. The molecule has 0 spiro atoms. The molecule has 0 aliphatic carbocycles. The number of benzene rings is 1. The van der Waals surface area contributed by atoms with Gasteiger partial charge in [0.05, 0.1) is 10.5 Å². The van der Waals surface area contributed by atoms with Crippen LogP contribution in [-0.2, 0) is 0 Å². The van der Waals surface area contributed by atoms with Crippen LogP contribution in [0.4, 0.5) is 4.39 Å². The number of hydrogen-bond donors (Lipinski definition) is 1. The lowest BCUT2D eigenvalue weighted by Crippen LogP contribution is -2.10. The van der Waals surface area contributed by atoms with Crippen molar-refractivity contribution < 1.29 is 4.39 Å². The quantitative estimate of drug-likeness (QED) is 0.895. The smallest absolute Gasteiger partial charge is 0.137 e. The Balaban J connectivity index is 2.34. The zero-order chi connectivity index (χ0) is 10.8. The normalized spacial score (nSPS) is 12.7. The van der Waals surface area contributed by atoms with Crippen LogP contribution in [0.2, 0.25) is 0 Å². The summed E-state index contributed by atoms with van der Waals surface area (Å²) in [5.74, 6) is -0.278. The molecule has 15 heavy (non-hydrogen) atoms. The van der Waals surface area contributed by atoms with Gasteiger partial charge in [-0.1, -0.05) is 12.1 Å². The topological polar surface area (TPSA) is 26.0 Å². The molecular weight excluding hydrogens is 277 g/mol. The second kappa shape index (κ2) is 4.43. The van der Waals surface area contributed by atoms with Crippen molar-refractivity contribution in [2.75, 3.05) is 0 Å². The zero-order valence-corrected chi connectivity index (χ0v) is 10.2. The van der Waals surface area contributed by atoms with Gasteiger partial charge in [-0.3, -0.25) is 0 Å². The molecular formula is C11H9BrFNS. The largest absolute Gasteiger partial charge is 0.320 e. The molecule has 0 bridgehead atoms. The van der Waals surface area contributed by atoms with E-state index in [1.54, 1.807) is 17.4 Å². The molecule has 0 saturated heterocycles. The predicted octanol–water partition coefficient (Wildman–Crippen LogP) is 3.70. The summed E-state index contributed by atoms with van der Waals surface area (Å²) in [4.78, 5) is 1.04. The van der Waals surface area contributed by atoms with Crippen LogP contribution < -0.4 is 5.73 Å². The van der Waals surface area contributed by atoms with E-state index in [4.69, 9.17) is 5.73 Å². The minimum absolute atomic E-state index is 0.243. The summed E-state index contributed by atoms with van der Waals surface area (Å²) in [7, 11) is 0. The fourth-order valence-electron chi connectivity index (χ4n) is 1.34. The molecule has 1 aromatic heterocycles. The Labute approximate surface area is 99.9 Å². The highest BCUT2D eigenvalue weighted by molar-refractivity contribution is 9.10. The van der Waals surface area contributed by atoms with Crippen molar-refractivity contribution >= 4 is 27.3 Å². The first kappa shape index (κ1) is 10.8. The molecule has 4 heteroatoms. The highest BCUT2D eigenvalue weighted by atomic mass is 79.9. The van der Waals surface area contributed by atoms with Crippen molar-refractivity contribution in [2.45, 2.75) is 6.04 Å². The van der Waals surface area contributed by atoms with Crippen molar-refractivity contribution in [1.29, 1.82) is 0 Å². The predicted molar refractivity (Wildman–Crippen MR) is 64.4 cm³/mol. The van der Waals surface area contributed by atoms with E-state index < -0.39 is 0 Å². The van der Waals surface area contributed by atoms with Crippen LogP contribution in [0.25, 0.3) is 0 Å². The highest BCUT2D eigenvalue weighted by Crippen LogP contribution is 2.26. The molecule has 1 aromatic carbocycles. The molecule has 2 rings (SSSR count). The SMILES string of the molecule is N[C@@H](c1ccc(Br)c(F)c1)c1cccs1. The average Bonchev–Trinajstić information content (AvgIpc) is 2.74. The maximum absolute atomic E-state index is 13.3. The van der Waals surface area contributed by atoms with Gasteiger partial charge in [-0.05, 0) is 45.1 Å². The van der Waals surface area contributed by atoms with Crippen LogP contribution in [0.5, 0.6) is 0 Å². The molecule has 1 heterocycles. The van der Waals surface area contributed by atoms with Gasteiger partial charge in [0.1, 0.15) is 5.82 Å². The number of thiophene rings is 1. The van der Waals surface area contributed by atoms with E-state index in [1.165, 1.54) is 6.07 Å². The summed E-state index contributed by atoms with van der Waals surface area (Å²) < 4.78 is 13.7. The second-order valence-corrected chi connectivity index (χ2v) is 5.00. The van der Waals surface area contributed by atoms with Gasteiger partial charge in [0.15, 0.2) is 0 Å². The maximum atomic E-state index is 13.3. The van der Waals surface area contributed by atoms with Crippen LogP contribution in [0.3, 0.4) is 0 Å². The lowest BCUT2D eigenvalue weighted by atomic mass is 10.1. The molecule has 0 amide bonds. The van der Waals surface area contributed by atoms with Crippen molar-refractivity contribution in [1.82, 2.24) is 0 Å². The first-order valence-electron chi connectivity index (χ1n) is 4.42. The number of hydrogen-bond acceptors (Lipinski definition) is 2. The minimum Gasteiger partial charge on any atom is -0.320 e. The third kappa shape index (κ3) is 2.27.